The summed E-state index contributed by atoms with van der Waals surface area (Å²) < 4.78 is 37.0. The second-order valence-corrected chi connectivity index (χ2v) is 5.63. The maximum atomic E-state index is 12.3. The largest absolute Gasteiger partial charge is 0.401 e. The summed E-state index contributed by atoms with van der Waals surface area (Å²) in [6.45, 7) is 4.86. The van der Waals surface area contributed by atoms with Gasteiger partial charge in [0.1, 0.15) is 0 Å². The van der Waals surface area contributed by atoms with E-state index in [1.807, 2.05) is 13.0 Å². The van der Waals surface area contributed by atoms with E-state index in [0.29, 0.717) is 32.7 Å². The second-order valence-electron chi connectivity index (χ2n) is 5.63. The molecule has 0 unspecified atom stereocenters. The summed E-state index contributed by atoms with van der Waals surface area (Å²) in [6.07, 6.45) is -4.10. The SMILES string of the molecule is Cc1cc(CN)ccc1CN1CCN(CC(F)(F)F)CC1. The Labute approximate surface area is 123 Å². The summed E-state index contributed by atoms with van der Waals surface area (Å²) in [4.78, 5) is 3.68. The summed E-state index contributed by atoms with van der Waals surface area (Å²) in [5.74, 6) is 0. The lowest BCUT2D eigenvalue weighted by Crippen LogP contribution is -2.48. The van der Waals surface area contributed by atoms with Crippen LogP contribution in [0.15, 0.2) is 18.2 Å². The number of rotatable bonds is 4. The number of benzene rings is 1. The first-order chi connectivity index (χ1) is 9.87. The Balaban J connectivity index is 1.86. The number of hydrogen-bond donors (Lipinski definition) is 1. The molecule has 1 saturated heterocycles. The highest BCUT2D eigenvalue weighted by molar-refractivity contribution is 5.31. The average molecular weight is 301 g/mol. The van der Waals surface area contributed by atoms with E-state index in [9.17, 15) is 13.2 Å². The fourth-order valence-electron chi connectivity index (χ4n) is 2.66. The third-order valence-corrected chi connectivity index (χ3v) is 3.90. The highest BCUT2D eigenvalue weighted by atomic mass is 19.4. The lowest BCUT2D eigenvalue weighted by molar-refractivity contribution is -0.149. The Kier molecular flexibility index (Phi) is 5.24. The third-order valence-electron chi connectivity index (χ3n) is 3.90. The lowest BCUT2D eigenvalue weighted by atomic mass is 10.0. The average Bonchev–Trinajstić information content (AvgIpc) is 2.41. The van der Waals surface area contributed by atoms with Crippen molar-refractivity contribution in [1.29, 1.82) is 0 Å². The predicted octanol–water partition coefficient (Wildman–Crippen LogP) is 2.13. The van der Waals surface area contributed by atoms with E-state index >= 15 is 0 Å². The lowest BCUT2D eigenvalue weighted by Gasteiger charge is -2.35. The van der Waals surface area contributed by atoms with Gasteiger partial charge in [0.05, 0.1) is 6.54 Å². The van der Waals surface area contributed by atoms with Crippen LogP contribution in [0.5, 0.6) is 0 Å². The Hall–Kier alpha value is -1.11. The van der Waals surface area contributed by atoms with Crippen LogP contribution in [0.4, 0.5) is 13.2 Å². The third kappa shape index (κ3) is 4.98. The number of aryl methyl sites for hydroxylation is 1. The Morgan fingerprint density at radius 3 is 2.24 bits per heavy atom. The molecular weight excluding hydrogens is 279 g/mol. The van der Waals surface area contributed by atoms with Crippen molar-refractivity contribution in [2.75, 3.05) is 32.7 Å². The van der Waals surface area contributed by atoms with Gasteiger partial charge in [0.2, 0.25) is 0 Å². The van der Waals surface area contributed by atoms with E-state index in [2.05, 4.69) is 17.0 Å². The molecule has 1 fully saturated rings. The Morgan fingerprint density at radius 1 is 1.10 bits per heavy atom. The smallest absolute Gasteiger partial charge is 0.326 e. The molecule has 0 bridgehead atoms. The topological polar surface area (TPSA) is 32.5 Å². The molecule has 1 aromatic rings. The van der Waals surface area contributed by atoms with Gasteiger partial charge >= 0.3 is 6.18 Å². The van der Waals surface area contributed by atoms with Crippen molar-refractivity contribution < 1.29 is 13.2 Å². The molecule has 1 heterocycles. The van der Waals surface area contributed by atoms with E-state index in [-0.39, 0.29) is 0 Å². The molecule has 2 rings (SSSR count). The van der Waals surface area contributed by atoms with Gasteiger partial charge in [0, 0.05) is 39.3 Å². The fraction of sp³-hybridized carbons (Fsp3) is 0.600. The predicted molar refractivity (Wildman–Crippen MR) is 76.8 cm³/mol. The van der Waals surface area contributed by atoms with Crippen molar-refractivity contribution in [2.24, 2.45) is 5.73 Å². The molecule has 0 aliphatic carbocycles. The van der Waals surface area contributed by atoms with Gasteiger partial charge in [-0.25, -0.2) is 0 Å². The van der Waals surface area contributed by atoms with Gasteiger partial charge in [-0.05, 0) is 23.6 Å². The monoisotopic (exact) mass is 301 g/mol. The van der Waals surface area contributed by atoms with E-state index in [1.54, 1.807) is 0 Å². The van der Waals surface area contributed by atoms with Crippen molar-refractivity contribution >= 4 is 0 Å². The van der Waals surface area contributed by atoms with E-state index in [1.165, 1.54) is 16.0 Å². The molecule has 0 amide bonds. The fourth-order valence-corrected chi connectivity index (χ4v) is 2.66. The van der Waals surface area contributed by atoms with Crippen molar-refractivity contribution in [2.45, 2.75) is 26.2 Å². The number of piperazine rings is 1. The molecular formula is C15H22F3N3. The van der Waals surface area contributed by atoms with Crippen LogP contribution in [0.1, 0.15) is 16.7 Å². The van der Waals surface area contributed by atoms with Crippen molar-refractivity contribution in [1.82, 2.24) is 9.80 Å². The highest BCUT2D eigenvalue weighted by Crippen LogP contribution is 2.19. The van der Waals surface area contributed by atoms with E-state index in [0.717, 1.165) is 12.1 Å². The Morgan fingerprint density at radius 2 is 1.71 bits per heavy atom. The summed E-state index contributed by atoms with van der Waals surface area (Å²) in [6, 6.07) is 6.16. The van der Waals surface area contributed by atoms with Crippen molar-refractivity contribution in [3.8, 4) is 0 Å². The van der Waals surface area contributed by atoms with Crippen LogP contribution in [0, 0.1) is 6.92 Å². The molecule has 21 heavy (non-hydrogen) atoms. The summed E-state index contributed by atoms with van der Waals surface area (Å²) in [5.41, 5.74) is 9.12. The van der Waals surface area contributed by atoms with Gasteiger partial charge in [-0.3, -0.25) is 9.80 Å². The number of nitrogens with zero attached hydrogens (tertiary/aromatic N) is 2. The van der Waals surface area contributed by atoms with Gasteiger partial charge in [0.25, 0.3) is 0 Å². The zero-order chi connectivity index (χ0) is 15.5. The molecule has 0 aromatic heterocycles. The standard InChI is InChI=1S/C15H22F3N3/c1-12-8-13(9-19)2-3-14(12)10-20-4-6-21(7-5-20)11-15(16,17)18/h2-3,8H,4-7,9-11,19H2,1H3. The maximum Gasteiger partial charge on any atom is 0.401 e. The molecule has 0 spiro atoms. The minimum absolute atomic E-state index is 0.472. The minimum Gasteiger partial charge on any atom is -0.326 e. The molecule has 3 nitrogen and oxygen atoms in total. The molecule has 0 atom stereocenters. The molecule has 1 aromatic carbocycles. The molecule has 2 N–H and O–H groups in total. The van der Waals surface area contributed by atoms with E-state index in [4.69, 9.17) is 5.73 Å². The summed E-state index contributed by atoms with van der Waals surface area (Å²) in [7, 11) is 0. The van der Waals surface area contributed by atoms with Crippen LogP contribution in [0.2, 0.25) is 0 Å². The van der Waals surface area contributed by atoms with Crippen LogP contribution < -0.4 is 5.73 Å². The van der Waals surface area contributed by atoms with Gasteiger partial charge in [-0.2, -0.15) is 13.2 Å². The van der Waals surface area contributed by atoms with Gasteiger partial charge in [-0.1, -0.05) is 18.2 Å². The Bertz CT molecular complexity index is 466. The van der Waals surface area contributed by atoms with Gasteiger partial charge in [-0.15, -0.1) is 0 Å². The maximum absolute atomic E-state index is 12.3. The molecule has 118 valence electrons. The quantitative estimate of drug-likeness (QED) is 0.925. The first-order valence-corrected chi connectivity index (χ1v) is 7.17. The highest BCUT2D eigenvalue weighted by Gasteiger charge is 2.32. The van der Waals surface area contributed by atoms with Crippen LogP contribution >= 0.6 is 0 Å². The van der Waals surface area contributed by atoms with Crippen LogP contribution in [0.25, 0.3) is 0 Å². The molecule has 0 radical (unpaired) electrons. The molecule has 1 aliphatic heterocycles. The van der Waals surface area contributed by atoms with Crippen LogP contribution in [-0.2, 0) is 13.1 Å². The number of hydrogen-bond acceptors (Lipinski definition) is 3. The zero-order valence-electron chi connectivity index (χ0n) is 12.3. The second kappa shape index (κ2) is 6.77. The van der Waals surface area contributed by atoms with Crippen molar-refractivity contribution in [3.63, 3.8) is 0 Å². The number of alkyl halides is 3. The summed E-state index contributed by atoms with van der Waals surface area (Å²) >= 11 is 0. The van der Waals surface area contributed by atoms with Gasteiger partial charge < -0.3 is 5.73 Å². The molecule has 0 saturated carbocycles. The molecule has 1 aliphatic rings. The summed E-state index contributed by atoms with van der Waals surface area (Å²) in [5, 5.41) is 0. The first-order valence-electron chi connectivity index (χ1n) is 7.17. The molecule has 6 heteroatoms. The normalized spacial score (nSPS) is 18.1. The van der Waals surface area contributed by atoms with Crippen LogP contribution in [0.3, 0.4) is 0 Å². The van der Waals surface area contributed by atoms with Gasteiger partial charge in [0.15, 0.2) is 0 Å². The number of nitrogens with two attached hydrogens (primary N) is 1. The first kappa shape index (κ1) is 16.3. The van der Waals surface area contributed by atoms with Crippen LogP contribution in [-0.4, -0.2) is 48.7 Å². The number of halogens is 3. The zero-order valence-corrected chi connectivity index (χ0v) is 12.3. The minimum atomic E-state index is -4.10. The van der Waals surface area contributed by atoms with Crippen molar-refractivity contribution in [3.05, 3.63) is 34.9 Å². The van der Waals surface area contributed by atoms with E-state index < -0.39 is 12.7 Å².